The number of benzene rings is 1. The van der Waals surface area contributed by atoms with Gasteiger partial charge in [0.15, 0.2) is 0 Å². The van der Waals surface area contributed by atoms with E-state index in [0.29, 0.717) is 18.5 Å². The standard InChI is InChI=1S/C16H17N3O2/c1-19(12-15-17-8-9-18-15)16(21)14-7-4-6-13(11-14)5-2-3-10-20/h4,6-9,11,20H,3,10,12H2,1H3,(H,17,18). The maximum atomic E-state index is 12.3. The van der Waals surface area contributed by atoms with E-state index in [4.69, 9.17) is 5.11 Å². The highest BCUT2D eigenvalue weighted by Gasteiger charge is 2.13. The molecular formula is C16H17N3O2. The van der Waals surface area contributed by atoms with Crippen LogP contribution in [-0.4, -0.2) is 39.5 Å². The summed E-state index contributed by atoms with van der Waals surface area (Å²) in [4.78, 5) is 21.0. The van der Waals surface area contributed by atoms with Crippen LogP contribution < -0.4 is 0 Å². The van der Waals surface area contributed by atoms with Gasteiger partial charge in [0, 0.05) is 37.0 Å². The fraction of sp³-hybridized carbons (Fsp3) is 0.250. The molecule has 5 heteroatoms. The molecule has 108 valence electrons. The molecule has 2 aromatic rings. The SMILES string of the molecule is CN(Cc1ncc[nH]1)C(=O)c1cccc(C#CCCO)c1. The van der Waals surface area contributed by atoms with Crippen LogP contribution in [0.2, 0.25) is 0 Å². The Balaban J connectivity index is 2.08. The molecule has 1 amide bonds. The van der Waals surface area contributed by atoms with Crippen molar-refractivity contribution in [2.24, 2.45) is 0 Å². The van der Waals surface area contributed by atoms with Gasteiger partial charge in [-0.05, 0) is 18.2 Å². The molecule has 0 bridgehead atoms. The molecule has 0 fully saturated rings. The summed E-state index contributed by atoms with van der Waals surface area (Å²) in [5.74, 6) is 6.42. The van der Waals surface area contributed by atoms with Crippen molar-refractivity contribution in [3.63, 3.8) is 0 Å². The van der Waals surface area contributed by atoms with Crippen molar-refractivity contribution in [2.75, 3.05) is 13.7 Å². The Hall–Kier alpha value is -2.58. The van der Waals surface area contributed by atoms with Crippen LogP contribution in [0.15, 0.2) is 36.7 Å². The monoisotopic (exact) mass is 283 g/mol. The van der Waals surface area contributed by atoms with Gasteiger partial charge < -0.3 is 15.0 Å². The van der Waals surface area contributed by atoms with Crippen LogP contribution in [0.25, 0.3) is 0 Å². The molecule has 0 atom stereocenters. The Morgan fingerprint density at radius 1 is 1.48 bits per heavy atom. The highest BCUT2D eigenvalue weighted by atomic mass is 16.2. The lowest BCUT2D eigenvalue weighted by Crippen LogP contribution is -2.26. The van der Waals surface area contributed by atoms with E-state index in [9.17, 15) is 4.79 Å². The maximum absolute atomic E-state index is 12.3. The normalized spacial score (nSPS) is 9.81. The maximum Gasteiger partial charge on any atom is 0.254 e. The van der Waals surface area contributed by atoms with Crippen LogP contribution in [0, 0.1) is 11.8 Å². The number of nitrogens with zero attached hydrogens (tertiary/aromatic N) is 2. The highest BCUT2D eigenvalue weighted by molar-refractivity contribution is 5.94. The number of amides is 1. The second kappa shape index (κ2) is 7.27. The van der Waals surface area contributed by atoms with Crippen molar-refractivity contribution < 1.29 is 9.90 Å². The van der Waals surface area contributed by atoms with Gasteiger partial charge in [-0.3, -0.25) is 4.79 Å². The van der Waals surface area contributed by atoms with Gasteiger partial charge >= 0.3 is 0 Å². The summed E-state index contributed by atoms with van der Waals surface area (Å²) in [5.41, 5.74) is 1.35. The number of hydrogen-bond acceptors (Lipinski definition) is 3. The predicted molar refractivity (Wildman–Crippen MR) is 79.4 cm³/mol. The number of aromatic amines is 1. The van der Waals surface area contributed by atoms with Crippen molar-refractivity contribution in [2.45, 2.75) is 13.0 Å². The van der Waals surface area contributed by atoms with Gasteiger partial charge in [-0.15, -0.1) is 0 Å². The summed E-state index contributed by atoms with van der Waals surface area (Å²) in [7, 11) is 1.73. The average Bonchev–Trinajstić information content (AvgIpc) is 3.00. The number of H-pyrrole nitrogens is 1. The molecule has 0 aliphatic rings. The van der Waals surface area contributed by atoms with Gasteiger partial charge in [0.1, 0.15) is 5.82 Å². The number of imidazole rings is 1. The molecule has 2 N–H and O–H groups in total. The van der Waals surface area contributed by atoms with E-state index < -0.39 is 0 Å². The number of carbonyl (C=O) groups is 1. The second-order valence-electron chi connectivity index (χ2n) is 4.55. The number of hydrogen-bond donors (Lipinski definition) is 2. The largest absolute Gasteiger partial charge is 0.395 e. The Morgan fingerprint density at radius 2 is 2.33 bits per heavy atom. The first-order chi connectivity index (χ1) is 10.2. The zero-order valence-corrected chi connectivity index (χ0v) is 11.8. The van der Waals surface area contributed by atoms with Crippen molar-refractivity contribution in [3.05, 3.63) is 53.6 Å². The fourth-order valence-electron chi connectivity index (χ4n) is 1.85. The van der Waals surface area contributed by atoms with Crippen LogP contribution >= 0.6 is 0 Å². The number of nitrogens with one attached hydrogen (secondary N) is 1. The third kappa shape index (κ3) is 4.20. The van der Waals surface area contributed by atoms with E-state index in [1.54, 1.807) is 42.5 Å². The van der Waals surface area contributed by atoms with E-state index >= 15 is 0 Å². The summed E-state index contributed by atoms with van der Waals surface area (Å²) in [6.07, 6.45) is 3.81. The first-order valence-electron chi connectivity index (χ1n) is 6.64. The number of aliphatic hydroxyl groups is 1. The summed E-state index contributed by atoms with van der Waals surface area (Å²) < 4.78 is 0. The first kappa shape index (κ1) is 14.8. The van der Waals surface area contributed by atoms with Crippen molar-refractivity contribution in [1.82, 2.24) is 14.9 Å². The minimum absolute atomic E-state index is 0.0392. The quantitative estimate of drug-likeness (QED) is 0.834. The molecule has 0 radical (unpaired) electrons. The molecule has 1 aromatic heterocycles. The zero-order valence-electron chi connectivity index (χ0n) is 11.8. The van der Waals surface area contributed by atoms with Gasteiger partial charge in [0.05, 0.1) is 13.2 Å². The lowest BCUT2D eigenvalue weighted by Gasteiger charge is -2.15. The minimum atomic E-state index is -0.0859. The molecule has 1 heterocycles. The minimum Gasteiger partial charge on any atom is -0.395 e. The van der Waals surface area contributed by atoms with Crippen LogP contribution in [0.1, 0.15) is 28.2 Å². The van der Waals surface area contributed by atoms with E-state index in [0.717, 1.165) is 11.4 Å². The van der Waals surface area contributed by atoms with Crippen LogP contribution in [0.4, 0.5) is 0 Å². The molecule has 0 aliphatic carbocycles. The molecule has 2 rings (SSSR count). The van der Waals surface area contributed by atoms with Gasteiger partial charge in [0.25, 0.3) is 5.91 Å². The topological polar surface area (TPSA) is 69.2 Å². The first-order valence-corrected chi connectivity index (χ1v) is 6.64. The smallest absolute Gasteiger partial charge is 0.254 e. The molecule has 0 unspecified atom stereocenters. The molecule has 5 nitrogen and oxygen atoms in total. The van der Waals surface area contributed by atoms with E-state index in [1.165, 1.54) is 0 Å². The predicted octanol–water partition coefficient (Wildman–Crippen LogP) is 1.42. The lowest BCUT2D eigenvalue weighted by molar-refractivity contribution is 0.0782. The molecule has 0 spiro atoms. The highest BCUT2D eigenvalue weighted by Crippen LogP contribution is 2.08. The van der Waals surface area contributed by atoms with Crippen LogP contribution in [-0.2, 0) is 6.54 Å². The Labute approximate surface area is 123 Å². The summed E-state index contributed by atoms with van der Waals surface area (Å²) >= 11 is 0. The van der Waals surface area contributed by atoms with E-state index in [-0.39, 0.29) is 12.5 Å². The summed E-state index contributed by atoms with van der Waals surface area (Å²) in [5, 5.41) is 8.71. The van der Waals surface area contributed by atoms with Crippen LogP contribution in [0.3, 0.4) is 0 Å². The number of aliphatic hydroxyl groups excluding tert-OH is 1. The Bertz CT molecular complexity index is 654. The molecule has 21 heavy (non-hydrogen) atoms. The molecule has 0 saturated heterocycles. The fourth-order valence-corrected chi connectivity index (χ4v) is 1.85. The zero-order chi connectivity index (χ0) is 15.1. The molecule has 1 aromatic carbocycles. The average molecular weight is 283 g/mol. The molecule has 0 saturated carbocycles. The Kier molecular flexibility index (Phi) is 5.13. The van der Waals surface area contributed by atoms with Gasteiger partial charge in [-0.25, -0.2) is 4.98 Å². The molecule has 0 aliphatic heterocycles. The number of rotatable bonds is 4. The van der Waals surface area contributed by atoms with Crippen molar-refractivity contribution in [1.29, 1.82) is 0 Å². The number of carbonyl (C=O) groups excluding carboxylic acids is 1. The third-order valence-corrected chi connectivity index (χ3v) is 2.87. The van der Waals surface area contributed by atoms with E-state index in [2.05, 4.69) is 21.8 Å². The van der Waals surface area contributed by atoms with Crippen molar-refractivity contribution in [3.8, 4) is 11.8 Å². The second-order valence-corrected chi connectivity index (χ2v) is 4.55. The van der Waals surface area contributed by atoms with Gasteiger partial charge in [0.2, 0.25) is 0 Å². The Morgan fingerprint density at radius 3 is 3.05 bits per heavy atom. The van der Waals surface area contributed by atoms with Gasteiger partial charge in [-0.1, -0.05) is 17.9 Å². The third-order valence-electron chi connectivity index (χ3n) is 2.87. The lowest BCUT2D eigenvalue weighted by atomic mass is 10.1. The molecular weight excluding hydrogens is 266 g/mol. The summed E-state index contributed by atoms with van der Waals surface area (Å²) in [6.45, 7) is 0.462. The van der Waals surface area contributed by atoms with Crippen molar-refractivity contribution >= 4 is 5.91 Å². The van der Waals surface area contributed by atoms with E-state index in [1.807, 2.05) is 6.07 Å². The van der Waals surface area contributed by atoms with Crippen LogP contribution in [0.5, 0.6) is 0 Å². The van der Waals surface area contributed by atoms with Gasteiger partial charge in [-0.2, -0.15) is 0 Å². The number of aromatic nitrogens is 2. The summed E-state index contributed by atoms with van der Waals surface area (Å²) in [6, 6.07) is 7.16.